The molecule has 2 amide bonds. The van der Waals surface area contributed by atoms with Crippen molar-refractivity contribution in [3.8, 4) is 11.5 Å². The summed E-state index contributed by atoms with van der Waals surface area (Å²) in [5, 5.41) is 2.74. The quantitative estimate of drug-likeness (QED) is 0.648. The SMILES string of the molecule is COc1cc(C=C2SC(NC(C)=O)=NC2=O)cc(Br)c1OCc1ccccc1F. The second kappa shape index (κ2) is 9.23. The van der Waals surface area contributed by atoms with Gasteiger partial charge < -0.3 is 14.8 Å². The third kappa shape index (κ3) is 5.24. The van der Waals surface area contributed by atoms with Gasteiger partial charge in [-0.1, -0.05) is 18.2 Å². The lowest BCUT2D eigenvalue weighted by Crippen LogP contribution is -2.23. The van der Waals surface area contributed by atoms with Crippen LogP contribution in [-0.4, -0.2) is 24.1 Å². The van der Waals surface area contributed by atoms with Crippen LogP contribution in [0.5, 0.6) is 11.5 Å². The van der Waals surface area contributed by atoms with Gasteiger partial charge in [0.2, 0.25) is 5.91 Å². The van der Waals surface area contributed by atoms with Gasteiger partial charge in [0.15, 0.2) is 16.7 Å². The molecule has 6 nitrogen and oxygen atoms in total. The van der Waals surface area contributed by atoms with Crippen molar-refractivity contribution in [1.82, 2.24) is 5.32 Å². The van der Waals surface area contributed by atoms with Crippen molar-refractivity contribution in [2.75, 3.05) is 7.11 Å². The van der Waals surface area contributed by atoms with E-state index in [0.29, 0.717) is 32.0 Å². The highest BCUT2D eigenvalue weighted by Gasteiger charge is 2.23. The molecule has 29 heavy (non-hydrogen) atoms. The fourth-order valence-corrected chi connectivity index (χ4v) is 3.93. The summed E-state index contributed by atoms with van der Waals surface area (Å²) in [5.74, 6) is -0.255. The first-order chi connectivity index (χ1) is 13.9. The normalized spacial score (nSPS) is 14.7. The monoisotopic (exact) mass is 478 g/mol. The maximum Gasteiger partial charge on any atom is 0.286 e. The minimum atomic E-state index is -0.436. The number of ether oxygens (including phenoxy) is 2. The molecule has 1 heterocycles. The van der Waals surface area contributed by atoms with E-state index in [1.165, 1.54) is 20.1 Å². The molecule has 1 N–H and O–H groups in total. The van der Waals surface area contributed by atoms with E-state index in [1.54, 1.807) is 36.4 Å². The standard InChI is InChI=1S/C20H16BrFN2O4S/c1-11(25)23-20-24-19(26)17(29-20)9-12-7-14(21)18(16(8-12)27-2)28-10-13-5-3-4-6-15(13)22/h3-9H,10H2,1-2H3,(H,23,24,25,26). The Morgan fingerprint density at radius 2 is 2.10 bits per heavy atom. The van der Waals surface area contributed by atoms with Gasteiger partial charge in [0, 0.05) is 12.5 Å². The number of thioether (sulfide) groups is 1. The first-order valence-electron chi connectivity index (χ1n) is 8.41. The second-order valence-corrected chi connectivity index (χ2v) is 7.81. The summed E-state index contributed by atoms with van der Waals surface area (Å²) in [7, 11) is 1.49. The molecule has 0 fully saturated rings. The average molecular weight is 479 g/mol. The van der Waals surface area contributed by atoms with Crippen molar-refractivity contribution >= 4 is 50.7 Å². The van der Waals surface area contributed by atoms with Crippen LogP contribution in [0.4, 0.5) is 4.39 Å². The Labute approximate surface area is 179 Å². The van der Waals surface area contributed by atoms with Gasteiger partial charge in [-0.25, -0.2) is 4.39 Å². The summed E-state index contributed by atoms with van der Waals surface area (Å²) < 4.78 is 25.5. The lowest BCUT2D eigenvalue weighted by atomic mass is 10.1. The zero-order valence-electron chi connectivity index (χ0n) is 15.5. The molecule has 2 aromatic rings. The van der Waals surface area contributed by atoms with Crippen LogP contribution in [0.15, 0.2) is 50.8 Å². The number of hydrogen-bond donors (Lipinski definition) is 1. The number of aliphatic imine (C=N–C) groups is 1. The molecule has 0 atom stereocenters. The Balaban J connectivity index is 1.81. The number of amidine groups is 1. The van der Waals surface area contributed by atoms with Gasteiger partial charge in [-0.2, -0.15) is 4.99 Å². The first kappa shape index (κ1) is 21.1. The third-order valence-electron chi connectivity index (χ3n) is 3.78. The Bertz CT molecular complexity index is 1040. The number of hydrogen-bond acceptors (Lipinski definition) is 5. The van der Waals surface area contributed by atoms with Crippen LogP contribution in [0.3, 0.4) is 0 Å². The molecule has 9 heteroatoms. The maximum atomic E-state index is 13.8. The number of rotatable bonds is 5. The summed E-state index contributed by atoms with van der Waals surface area (Å²) in [4.78, 5) is 27.3. The molecule has 0 saturated heterocycles. The summed E-state index contributed by atoms with van der Waals surface area (Å²) in [6.45, 7) is 1.38. The third-order valence-corrected chi connectivity index (χ3v) is 5.27. The molecule has 150 valence electrons. The Morgan fingerprint density at radius 1 is 1.34 bits per heavy atom. The summed E-state index contributed by atoms with van der Waals surface area (Å²) in [5.41, 5.74) is 1.09. The number of nitrogens with zero attached hydrogens (tertiary/aromatic N) is 1. The van der Waals surface area contributed by atoms with Crippen LogP contribution >= 0.6 is 27.7 Å². The van der Waals surface area contributed by atoms with Gasteiger partial charge >= 0.3 is 0 Å². The molecule has 0 aliphatic carbocycles. The largest absolute Gasteiger partial charge is 0.493 e. The van der Waals surface area contributed by atoms with Gasteiger partial charge in [-0.15, -0.1) is 0 Å². The molecule has 0 spiro atoms. The molecular formula is C20H16BrFN2O4S. The Morgan fingerprint density at radius 3 is 2.79 bits per heavy atom. The molecule has 0 unspecified atom stereocenters. The van der Waals surface area contributed by atoms with E-state index in [0.717, 1.165) is 11.8 Å². The lowest BCUT2D eigenvalue weighted by molar-refractivity contribution is -0.117. The van der Waals surface area contributed by atoms with Crippen molar-refractivity contribution < 1.29 is 23.5 Å². The fraction of sp³-hybridized carbons (Fsp3) is 0.150. The zero-order valence-corrected chi connectivity index (χ0v) is 17.9. The highest BCUT2D eigenvalue weighted by molar-refractivity contribution is 9.10. The fourth-order valence-electron chi connectivity index (χ4n) is 2.49. The van der Waals surface area contributed by atoms with E-state index in [9.17, 15) is 14.0 Å². The van der Waals surface area contributed by atoms with Gasteiger partial charge in [-0.3, -0.25) is 9.59 Å². The van der Waals surface area contributed by atoms with E-state index in [4.69, 9.17) is 9.47 Å². The van der Waals surface area contributed by atoms with Gasteiger partial charge in [0.25, 0.3) is 5.91 Å². The molecule has 0 radical (unpaired) electrons. The number of halogens is 2. The Kier molecular flexibility index (Phi) is 6.71. The van der Waals surface area contributed by atoms with Crippen LogP contribution in [0.25, 0.3) is 6.08 Å². The smallest absolute Gasteiger partial charge is 0.286 e. The molecule has 3 rings (SSSR count). The second-order valence-electron chi connectivity index (χ2n) is 5.93. The minimum Gasteiger partial charge on any atom is -0.493 e. The Hall–Kier alpha value is -2.65. The highest BCUT2D eigenvalue weighted by atomic mass is 79.9. The van der Waals surface area contributed by atoms with Crippen molar-refractivity contribution in [2.45, 2.75) is 13.5 Å². The number of carbonyl (C=O) groups is 2. The van der Waals surface area contributed by atoms with Crippen LogP contribution in [0, 0.1) is 5.82 Å². The zero-order chi connectivity index (χ0) is 21.0. The summed E-state index contributed by atoms with van der Waals surface area (Å²) in [6.07, 6.45) is 1.64. The van der Waals surface area contributed by atoms with E-state index >= 15 is 0 Å². The van der Waals surface area contributed by atoms with E-state index in [1.807, 2.05) is 0 Å². The topological polar surface area (TPSA) is 77.0 Å². The number of benzene rings is 2. The molecule has 0 bridgehead atoms. The van der Waals surface area contributed by atoms with Gasteiger partial charge in [0.1, 0.15) is 12.4 Å². The predicted octanol–water partition coefficient (Wildman–Crippen LogP) is 4.28. The van der Waals surface area contributed by atoms with E-state index in [2.05, 4.69) is 26.2 Å². The van der Waals surface area contributed by atoms with Crippen molar-refractivity contribution in [2.24, 2.45) is 4.99 Å². The maximum absolute atomic E-state index is 13.8. The molecule has 2 aromatic carbocycles. The number of carbonyl (C=O) groups excluding carboxylic acids is 2. The minimum absolute atomic E-state index is 0.0321. The number of nitrogens with one attached hydrogen (secondary N) is 1. The van der Waals surface area contributed by atoms with E-state index in [-0.39, 0.29) is 23.5 Å². The van der Waals surface area contributed by atoms with Crippen LogP contribution in [-0.2, 0) is 16.2 Å². The van der Waals surface area contributed by atoms with Gasteiger partial charge in [0.05, 0.1) is 16.5 Å². The molecule has 0 saturated carbocycles. The summed E-state index contributed by atoms with van der Waals surface area (Å²) in [6, 6.07) is 9.80. The van der Waals surface area contributed by atoms with Crippen LogP contribution in [0.1, 0.15) is 18.1 Å². The average Bonchev–Trinajstić information content (AvgIpc) is 2.99. The van der Waals surface area contributed by atoms with Crippen LogP contribution in [0.2, 0.25) is 0 Å². The predicted molar refractivity (Wildman–Crippen MR) is 113 cm³/mol. The molecule has 1 aliphatic heterocycles. The van der Waals surface area contributed by atoms with Crippen molar-refractivity contribution in [3.63, 3.8) is 0 Å². The lowest BCUT2D eigenvalue weighted by Gasteiger charge is -2.14. The molecular weight excluding hydrogens is 463 g/mol. The number of amides is 2. The molecule has 1 aliphatic rings. The van der Waals surface area contributed by atoms with Crippen LogP contribution < -0.4 is 14.8 Å². The first-order valence-corrected chi connectivity index (χ1v) is 10.0. The van der Waals surface area contributed by atoms with Gasteiger partial charge in [-0.05, 0) is 57.5 Å². The van der Waals surface area contributed by atoms with Crippen molar-refractivity contribution in [1.29, 1.82) is 0 Å². The van der Waals surface area contributed by atoms with E-state index < -0.39 is 5.91 Å². The molecule has 0 aromatic heterocycles. The van der Waals surface area contributed by atoms with Crippen molar-refractivity contribution in [3.05, 3.63) is 62.7 Å². The highest BCUT2D eigenvalue weighted by Crippen LogP contribution is 2.39. The number of methoxy groups -OCH3 is 1. The summed E-state index contributed by atoms with van der Waals surface area (Å²) >= 11 is 4.51.